The summed E-state index contributed by atoms with van der Waals surface area (Å²) in [6, 6.07) is 12.8. The average molecular weight is 471 g/mol. The number of amides is 2. The van der Waals surface area contributed by atoms with Gasteiger partial charge in [-0.1, -0.05) is 44.2 Å². The lowest BCUT2D eigenvalue weighted by molar-refractivity contribution is 0.139. The number of ether oxygens (including phenoxy) is 4. The van der Waals surface area contributed by atoms with E-state index in [1.807, 2.05) is 44.2 Å². The van der Waals surface area contributed by atoms with Crippen LogP contribution in [-0.2, 0) is 15.9 Å². The summed E-state index contributed by atoms with van der Waals surface area (Å²) in [5.41, 5.74) is 2.46. The number of hydrogen-bond donors (Lipinski definition) is 1. The highest BCUT2D eigenvalue weighted by Gasteiger charge is 2.40. The van der Waals surface area contributed by atoms with E-state index >= 15 is 0 Å². The fourth-order valence-electron chi connectivity index (χ4n) is 4.25. The van der Waals surface area contributed by atoms with Gasteiger partial charge in [0, 0.05) is 24.1 Å². The fourth-order valence-corrected chi connectivity index (χ4v) is 4.25. The molecule has 1 N–H and O–H groups in total. The number of nitrogens with zero attached hydrogens (tertiary/aromatic N) is 1. The molecule has 0 bridgehead atoms. The van der Waals surface area contributed by atoms with E-state index in [1.54, 1.807) is 38.2 Å². The van der Waals surface area contributed by atoms with Gasteiger partial charge < -0.3 is 24.3 Å². The summed E-state index contributed by atoms with van der Waals surface area (Å²) in [5, 5.41) is 2.99. The topological polar surface area (TPSA) is 86.3 Å². The molecule has 0 fully saturated rings. The Balaban J connectivity index is 1.87. The molecule has 0 aromatic heterocycles. The summed E-state index contributed by atoms with van der Waals surface area (Å²) in [7, 11) is 3.09. The maximum absolute atomic E-state index is 13.0. The molecule has 3 rings (SSSR count). The first-order valence-electron chi connectivity index (χ1n) is 11.6. The second kappa shape index (κ2) is 11.6. The predicted molar refractivity (Wildman–Crippen MR) is 130 cm³/mol. The van der Waals surface area contributed by atoms with Crippen molar-refractivity contribution in [1.82, 2.24) is 5.32 Å². The monoisotopic (exact) mass is 470 g/mol. The third-order valence-electron chi connectivity index (χ3n) is 5.97. The van der Waals surface area contributed by atoms with Crippen LogP contribution in [0.1, 0.15) is 44.4 Å². The minimum absolute atomic E-state index is 0.115. The Kier molecular flexibility index (Phi) is 8.62. The van der Waals surface area contributed by atoms with Crippen LogP contribution < -0.4 is 19.7 Å². The summed E-state index contributed by atoms with van der Waals surface area (Å²) in [6.45, 7) is 6.38. The Hall–Kier alpha value is -3.42. The van der Waals surface area contributed by atoms with Crippen molar-refractivity contribution in [2.75, 3.05) is 32.3 Å². The number of rotatable bonds is 8. The van der Waals surface area contributed by atoms with E-state index in [-0.39, 0.29) is 31.2 Å². The number of alkyl carbamates (subject to hydrolysis) is 1. The van der Waals surface area contributed by atoms with Gasteiger partial charge in [0.25, 0.3) is 0 Å². The summed E-state index contributed by atoms with van der Waals surface area (Å²) < 4.78 is 21.8. The van der Waals surface area contributed by atoms with Crippen LogP contribution in [0.3, 0.4) is 0 Å². The smallest absolute Gasteiger partial charge is 0.414 e. The molecule has 184 valence electrons. The number of methoxy groups -OCH3 is 2. The molecule has 8 nitrogen and oxygen atoms in total. The Morgan fingerprint density at radius 3 is 2.35 bits per heavy atom. The first kappa shape index (κ1) is 25.2. The van der Waals surface area contributed by atoms with Crippen molar-refractivity contribution in [2.24, 2.45) is 5.92 Å². The van der Waals surface area contributed by atoms with Crippen LogP contribution in [0.25, 0.3) is 0 Å². The zero-order valence-electron chi connectivity index (χ0n) is 20.5. The van der Waals surface area contributed by atoms with E-state index in [2.05, 4.69) is 5.32 Å². The summed E-state index contributed by atoms with van der Waals surface area (Å²) >= 11 is 0. The molecule has 0 spiro atoms. The van der Waals surface area contributed by atoms with Crippen LogP contribution in [0.4, 0.5) is 15.3 Å². The second-order valence-corrected chi connectivity index (χ2v) is 8.45. The van der Waals surface area contributed by atoms with Crippen molar-refractivity contribution >= 4 is 17.9 Å². The number of nitrogens with one attached hydrogen (secondary N) is 1. The van der Waals surface area contributed by atoms with Crippen LogP contribution >= 0.6 is 0 Å². The second-order valence-electron chi connectivity index (χ2n) is 8.45. The zero-order valence-corrected chi connectivity index (χ0v) is 20.5. The Morgan fingerprint density at radius 1 is 1.06 bits per heavy atom. The van der Waals surface area contributed by atoms with Gasteiger partial charge >= 0.3 is 12.2 Å². The molecule has 0 unspecified atom stereocenters. The largest absolute Gasteiger partial charge is 0.493 e. The lowest BCUT2D eigenvalue weighted by Crippen LogP contribution is -2.50. The SMILES string of the molecule is CCOC(=O)N1c2cc(OC)c(OC)cc2[C@@H](NC(=O)OCCc2ccccc2)C[C@@H]1C(C)C. The van der Waals surface area contributed by atoms with Crippen molar-refractivity contribution < 1.29 is 28.5 Å². The third-order valence-corrected chi connectivity index (χ3v) is 5.97. The van der Waals surface area contributed by atoms with Crippen LogP contribution in [0.2, 0.25) is 0 Å². The number of carbonyl (C=O) groups excluding carboxylic acids is 2. The van der Waals surface area contributed by atoms with Gasteiger partial charge in [-0.15, -0.1) is 0 Å². The standard InChI is InChI=1S/C26H34N2O6/c1-6-33-26(30)28-21(17(2)3)15-20(19-14-23(31-4)24(32-5)16-22(19)28)27-25(29)34-13-12-18-10-8-7-9-11-18/h7-11,14,16-17,20-21H,6,12-13,15H2,1-5H3,(H,27,29)/t20-,21+/m0/s1. The van der Waals surface area contributed by atoms with E-state index in [9.17, 15) is 9.59 Å². The van der Waals surface area contributed by atoms with Gasteiger partial charge in [0.05, 0.1) is 39.2 Å². The van der Waals surface area contributed by atoms with Gasteiger partial charge in [0.15, 0.2) is 11.5 Å². The van der Waals surface area contributed by atoms with Crippen molar-refractivity contribution in [2.45, 2.75) is 45.7 Å². The summed E-state index contributed by atoms with van der Waals surface area (Å²) in [5.74, 6) is 1.12. The number of hydrogen-bond acceptors (Lipinski definition) is 6. The molecule has 2 amide bonds. The van der Waals surface area contributed by atoms with Gasteiger partial charge in [0.2, 0.25) is 0 Å². The van der Waals surface area contributed by atoms with Gasteiger partial charge in [-0.05, 0) is 30.9 Å². The molecular weight excluding hydrogens is 436 g/mol. The van der Waals surface area contributed by atoms with Crippen molar-refractivity contribution in [3.8, 4) is 11.5 Å². The van der Waals surface area contributed by atoms with Crippen molar-refractivity contribution in [3.05, 3.63) is 53.6 Å². The number of fused-ring (bicyclic) bond motifs is 1. The molecular formula is C26H34N2O6. The lowest BCUT2D eigenvalue weighted by Gasteiger charge is -2.42. The maximum atomic E-state index is 13.0. The average Bonchev–Trinajstić information content (AvgIpc) is 2.83. The number of anilines is 1. The molecule has 0 saturated carbocycles. The molecule has 0 saturated heterocycles. The highest BCUT2D eigenvalue weighted by Crippen LogP contribution is 2.45. The molecule has 1 aliphatic rings. The normalized spacial score (nSPS) is 17.1. The molecule has 0 radical (unpaired) electrons. The minimum Gasteiger partial charge on any atom is -0.493 e. The van der Waals surface area contributed by atoms with E-state index in [0.717, 1.165) is 11.1 Å². The first-order chi connectivity index (χ1) is 16.4. The van der Waals surface area contributed by atoms with E-state index in [0.29, 0.717) is 30.0 Å². The van der Waals surface area contributed by atoms with E-state index in [1.165, 1.54) is 0 Å². The molecule has 2 aromatic carbocycles. The van der Waals surface area contributed by atoms with E-state index in [4.69, 9.17) is 18.9 Å². The van der Waals surface area contributed by atoms with Crippen molar-refractivity contribution in [3.63, 3.8) is 0 Å². The zero-order chi connectivity index (χ0) is 24.7. The van der Waals surface area contributed by atoms with Crippen LogP contribution in [0, 0.1) is 5.92 Å². The molecule has 8 heteroatoms. The first-order valence-corrected chi connectivity index (χ1v) is 11.6. The van der Waals surface area contributed by atoms with Crippen molar-refractivity contribution in [1.29, 1.82) is 0 Å². The molecule has 0 aliphatic carbocycles. The molecule has 1 aliphatic heterocycles. The van der Waals surface area contributed by atoms with Gasteiger partial charge in [-0.25, -0.2) is 9.59 Å². The Bertz CT molecular complexity index is 979. The summed E-state index contributed by atoms with van der Waals surface area (Å²) in [6.07, 6.45) is 0.200. The number of carbonyl (C=O) groups is 2. The molecule has 34 heavy (non-hydrogen) atoms. The lowest BCUT2D eigenvalue weighted by atomic mass is 9.86. The highest BCUT2D eigenvalue weighted by atomic mass is 16.6. The predicted octanol–water partition coefficient (Wildman–Crippen LogP) is 5.11. The third kappa shape index (κ3) is 5.73. The highest BCUT2D eigenvalue weighted by molar-refractivity contribution is 5.91. The quantitative estimate of drug-likeness (QED) is 0.577. The maximum Gasteiger partial charge on any atom is 0.414 e. The van der Waals surface area contributed by atoms with Crippen LogP contribution in [0.5, 0.6) is 11.5 Å². The Morgan fingerprint density at radius 2 is 1.74 bits per heavy atom. The molecule has 2 atom stereocenters. The fraction of sp³-hybridized carbons (Fsp3) is 0.462. The van der Waals surface area contributed by atoms with Crippen LogP contribution in [-0.4, -0.2) is 45.7 Å². The summed E-state index contributed by atoms with van der Waals surface area (Å²) in [4.78, 5) is 27.3. The Labute approximate surface area is 201 Å². The number of benzene rings is 2. The van der Waals surface area contributed by atoms with Gasteiger partial charge in [-0.3, -0.25) is 4.90 Å². The van der Waals surface area contributed by atoms with Crippen LogP contribution in [0.15, 0.2) is 42.5 Å². The minimum atomic E-state index is -0.506. The molecule has 1 heterocycles. The van der Waals surface area contributed by atoms with E-state index < -0.39 is 12.2 Å². The molecule has 2 aromatic rings. The van der Waals surface area contributed by atoms with Gasteiger partial charge in [-0.2, -0.15) is 0 Å². The van der Waals surface area contributed by atoms with Gasteiger partial charge in [0.1, 0.15) is 0 Å².